The van der Waals surface area contributed by atoms with Gasteiger partial charge in [-0.05, 0) is 44.0 Å². The standard InChI is InChI=1S/C14H20O4/c1-10(2)18-7-6-17-9-13-5-4-12(14(15)16)8-11(13)3/h4-5,8,10H,6-7,9H2,1-3H3,(H,15,16). The molecule has 4 heteroatoms. The summed E-state index contributed by atoms with van der Waals surface area (Å²) in [5.41, 5.74) is 2.24. The molecule has 4 nitrogen and oxygen atoms in total. The Hall–Kier alpha value is -1.39. The van der Waals surface area contributed by atoms with E-state index in [0.717, 1.165) is 11.1 Å². The van der Waals surface area contributed by atoms with Crippen LogP contribution in [0.5, 0.6) is 0 Å². The maximum absolute atomic E-state index is 10.8. The number of hydrogen-bond acceptors (Lipinski definition) is 3. The monoisotopic (exact) mass is 252 g/mol. The third-order valence-corrected chi connectivity index (χ3v) is 2.53. The van der Waals surface area contributed by atoms with Crippen LogP contribution in [0.1, 0.15) is 35.3 Å². The highest BCUT2D eigenvalue weighted by atomic mass is 16.5. The molecule has 0 amide bonds. The summed E-state index contributed by atoms with van der Waals surface area (Å²) < 4.78 is 10.8. The van der Waals surface area contributed by atoms with Crippen molar-refractivity contribution in [1.29, 1.82) is 0 Å². The van der Waals surface area contributed by atoms with E-state index in [0.29, 0.717) is 25.4 Å². The maximum Gasteiger partial charge on any atom is 0.335 e. The summed E-state index contributed by atoms with van der Waals surface area (Å²) in [7, 11) is 0. The average molecular weight is 252 g/mol. The maximum atomic E-state index is 10.8. The van der Waals surface area contributed by atoms with Gasteiger partial charge in [0.05, 0.1) is 31.5 Å². The molecule has 0 aliphatic heterocycles. The SMILES string of the molecule is Cc1cc(C(=O)O)ccc1COCCOC(C)C. The van der Waals surface area contributed by atoms with Crippen LogP contribution in [0.3, 0.4) is 0 Å². The van der Waals surface area contributed by atoms with Crippen LogP contribution in [0.2, 0.25) is 0 Å². The van der Waals surface area contributed by atoms with Gasteiger partial charge in [-0.3, -0.25) is 0 Å². The molecule has 0 unspecified atom stereocenters. The second-order valence-electron chi connectivity index (χ2n) is 4.42. The van der Waals surface area contributed by atoms with Gasteiger partial charge in [0, 0.05) is 0 Å². The van der Waals surface area contributed by atoms with Crippen LogP contribution in [0.15, 0.2) is 18.2 Å². The van der Waals surface area contributed by atoms with Gasteiger partial charge in [0.25, 0.3) is 0 Å². The molecule has 18 heavy (non-hydrogen) atoms. The molecular weight excluding hydrogens is 232 g/mol. The van der Waals surface area contributed by atoms with E-state index in [2.05, 4.69) is 0 Å². The second kappa shape index (κ2) is 7.13. The lowest BCUT2D eigenvalue weighted by Gasteiger charge is -2.10. The largest absolute Gasteiger partial charge is 0.478 e. The third kappa shape index (κ3) is 4.85. The van der Waals surface area contributed by atoms with Gasteiger partial charge in [0.2, 0.25) is 0 Å². The van der Waals surface area contributed by atoms with E-state index in [1.54, 1.807) is 18.2 Å². The van der Waals surface area contributed by atoms with Crippen LogP contribution >= 0.6 is 0 Å². The summed E-state index contributed by atoms with van der Waals surface area (Å²) in [5, 5.41) is 8.85. The number of benzene rings is 1. The number of carboxylic acids is 1. The quantitative estimate of drug-likeness (QED) is 0.758. The topological polar surface area (TPSA) is 55.8 Å². The summed E-state index contributed by atoms with van der Waals surface area (Å²) in [6.45, 7) is 7.44. The molecule has 1 aromatic rings. The highest BCUT2D eigenvalue weighted by Crippen LogP contribution is 2.12. The normalized spacial score (nSPS) is 10.9. The van der Waals surface area contributed by atoms with E-state index in [4.69, 9.17) is 14.6 Å². The van der Waals surface area contributed by atoms with Crippen LogP contribution in [-0.4, -0.2) is 30.4 Å². The number of rotatable bonds is 7. The van der Waals surface area contributed by atoms with Crippen LogP contribution in [-0.2, 0) is 16.1 Å². The fraction of sp³-hybridized carbons (Fsp3) is 0.500. The van der Waals surface area contributed by atoms with Crippen molar-refractivity contribution in [2.75, 3.05) is 13.2 Å². The minimum Gasteiger partial charge on any atom is -0.478 e. The number of carboxylic acid groups (broad SMARTS) is 1. The van der Waals surface area contributed by atoms with E-state index >= 15 is 0 Å². The molecule has 0 aliphatic carbocycles. The van der Waals surface area contributed by atoms with Crippen molar-refractivity contribution in [2.45, 2.75) is 33.5 Å². The zero-order chi connectivity index (χ0) is 13.5. The molecule has 0 bridgehead atoms. The molecule has 1 aromatic carbocycles. The van der Waals surface area contributed by atoms with Gasteiger partial charge in [-0.2, -0.15) is 0 Å². The molecule has 0 saturated carbocycles. The number of aromatic carboxylic acids is 1. The predicted molar refractivity (Wildman–Crippen MR) is 68.9 cm³/mol. The molecule has 0 aromatic heterocycles. The number of carbonyl (C=O) groups is 1. The Morgan fingerprint density at radius 1 is 1.33 bits per heavy atom. The molecule has 0 atom stereocenters. The fourth-order valence-corrected chi connectivity index (χ4v) is 1.52. The first-order valence-electron chi connectivity index (χ1n) is 6.03. The van der Waals surface area contributed by atoms with Crippen LogP contribution in [0.25, 0.3) is 0 Å². The summed E-state index contributed by atoms with van der Waals surface area (Å²) >= 11 is 0. The first-order valence-corrected chi connectivity index (χ1v) is 6.03. The van der Waals surface area contributed by atoms with Gasteiger partial charge < -0.3 is 14.6 Å². The van der Waals surface area contributed by atoms with Gasteiger partial charge in [0.1, 0.15) is 0 Å². The van der Waals surface area contributed by atoms with E-state index < -0.39 is 5.97 Å². The lowest BCUT2D eigenvalue weighted by molar-refractivity contribution is 0.0142. The Morgan fingerprint density at radius 2 is 2.06 bits per heavy atom. The molecule has 0 heterocycles. The highest BCUT2D eigenvalue weighted by molar-refractivity contribution is 5.87. The lowest BCUT2D eigenvalue weighted by atomic mass is 10.1. The zero-order valence-electron chi connectivity index (χ0n) is 11.1. The average Bonchev–Trinajstić information content (AvgIpc) is 2.29. The first-order chi connectivity index (χ1) is 8.50. The van der Waals surface area contributed by atoms with Crippen molar-refractivity contribution in [3.05, 3.63) is 34.9 Å². The molecule has 0 aliphatic rings. The minimum absolute atomic E-state index is 0.213. The van der Waals surface area contributed by atoms with Crippen molar-refractivity contribution in [2.24, 2.45) is 0 Å². The Bertz CT molecular complexity index is 399. The summed E-state index contributed by atoms with van der Waals surface area (Å²) in [4.78, 5) is 10.8. The summed E-state index contributed by atoms with van der Waals surface area (Å²) in [5.74, 6) is -0.907. The molecule has 1 rings (SSSR count). The predicted octanol–water partition coefficient (Wildman–Crippen LogP) is 2.63. The molecule has 0 fully saturated rings. The van der Waals surface area contributed by atoms with Gasteiger partial charge in [-0.1, -0.05) is 6.07 Å². The van der Waals surface area contributed by atoms with Gasteiger partial charge >= 0.3 is 5.97 Å². The summed E-state index contributed by atoms with van der Waals surface area (Å²) in [6.07, 6.45) is 0.213. The molecule has 0 radical (unpaired) electrons. The Balaban J connectivity index is 2.41. The van der Waals surface area contributed by atoms with Crippen molar-refractivity contribution in [1.82, 2.24) is 0 Å². The van der Waals surface area contributed by atoms with E-state index in [9.17, 15) is 4.79 Å². The molecular formula is C14H20O4. The lowest BCUT2D eigenvalue weighted by Crippen LogP contribution is -2.10. The number of hydrogen-bond donors (Lipinski definition) is 1. The minimum atomic E-state index is -0.907. The Labute approximate surface area is 108 Å². The van der Waals surface area contributed by atoms with Crippen molar-refractivity contribution >= 4 is 5.97 Å². The highest BCUT2D eigenvalue weighted by Gasteiger charge is 2.05. The zero-order valence-corrected chi connectivity index (χ0v) is 11.1. The van der Waals surface area contributed by atoms with Gasteiger partial charge in [-0.25, -0.2) is 4.79 Å². The first kappa shape index (κ1) is 14.7. The van der Waals surface area contributed by atoms with Crippen LogP contribution in [0.4, 0.5) is 0 Å². The smallest absolute Gasteiger partial charge is 0.335 e. The van der Waals surface area contributed by atoms with E-state index in [1.807, 2.05) is 20.8 Å². The molecule has 1 N–H and O–H groups in total. The Morgan fingerprint density at radius 3 is 2.61 bits per heavy atom. The fourth-order valence-electron chi connectivity index (χ4n) is 1.52. The molecule has 0 spiro atoms. The van der Waals surface area contributed by atoms with E-state index in [1.165, 1.54) is 0 Å². The third-order valence-electron chi connectivity index (χ3n) is 2.53. The van der Waals surface area contributed by atoms with Crippen LogP contribution in [0, 0.1) is 6.92 Å². The van der Waals surface area contributed by atoms with Crippen molar-refractivity contribution < 1.29 is 19.4 Å². The van der Waals surface area contributed by atoms with Crippen LogP contribution < -0.4 is 0 Å². The van der Waals surface area contributed by atoms with Crippen molar-refractivity contribution in [3.8, 4) is 0 Å². The molecule has 100 valence electrons. The summed E-state index contributed by atoms with van der Waals surface area (Å²) in [6, 6.07) is 5.05. The molecule has 0 saturated heterocycles. The second-order valence-corrected chi connectivity index (χ2v) is 4.42. The van der Waals surface area contributed by atoms with Gasteiger partial charge in [-0.15, -0.1) is 0 Å². The number of aryl methyl sites for hydroxylation is 1. The van der Waals surface area contributed by atoms with E-state index in [-0.39, 0.29) is 6.10 Å². The Kier molecular flexibility index (Phi) is 5.82. The van der Waals surface area contributed by atoms with Gasteiger partial charge in [0.15, 0.2) is 0 Å². The number of ether oxygens (including phenoxy) is 2. The van der Waals surface area contributed by atoms with Crippen molar-refractivity contribution in [3.63, 3.8) is 0 Å².